The number of carbonyl (C=O) groups is 1. The zero-order valence-corrected chi connectivity index (χ0v) is 8.90. The van der Waals surface area contributed by atoms with Crippen molar-refractivity contribution < 1.29 is 14.1 Å². The van der Waals surface area contributed by atoms with E-state index in [2.05, 4.69) is 5.16 Å². The van der Waals surface area contributed by atoms with E-state index in [4.69, 9.17) is 15.0 Å². The van der Waals surface area contributed by atoms with E-state index in [0.717, 1.165) is 0 Å². The number of ether oxygens (including phenoxy) is 1. The first-order chi connectivity index (χ1) is 7.76. The minimum atomic E-state index is -0.105. The van der Waals surface area contributed by atoms with Crippen LogP contribution in [-0.2, 0) is 0 Å². The summed E-state index contributed by atoms with van der Waals surface area (Å²) in [6.07, 6.45) is 0.271. The second-order valence-electron chi connectivity index (χ2n) is 3.36. The van der Waals surface area contributed by atoms with Crippen molar-refractivity contribution in [1.82, 2.24) is 5.16 Å². The molecular weight excluding hydrogens is 208 g/mol. The number of ketones is 1. The number of Topliss-reactive ketones (excluding diaryl/α,β-unsaturated/α-hetero) is 1. The maximum absolute atomic E-state index is 11.6. The summed E-state index contributed by atoms with van der Waals surface area (Å²) >= 11 is 0. The monoisotopic (exact) mass is 220 g/mol. The molecule has 2 rings (SSSR count). The van der Waals surface area contributed by atoms with Gasteiger partial charge < -0.3 is 15.0 Å². The highest BCUT2D eigenvalue weighted by Crippen LogP contribution is 2.24. The van der Waals surface area contributed by atoms with E-state index in [9.17, 15) is 4.79 Å². The minimum absolute atomic E-state index is 0.105. The molecule has 0 amide bonds. The molecule has 5 heteroatoms. The van der Waals surface area contributed by atoms with Gasteiger partial charge in [0, 0.05) is 12.5 Å². The Morgan fingerprint density at radius 1 is 1.56 bits per heavy atom. The number of benzene rings is 1. The van der Waals surface area contributed by atoms with Crippen LogP contribution in [0.1, 0.15) is 16.9 Å². The smallest absolute Gasteiger partial charge is 0.186 e. The average Bonchev–Trinajstić information content (AvgIpc) is 2.71. The number of rotatable bonds is 4. The largest absolute Gasteiger partial charge is 0.497 e. The summed E-state index contributed by atoms with van der Waals surface area (Å²) in [6.45, 7) is 0.309. The van der Waals surface area contributed by atoms with Gasteiger partial charge in [-0.25, -0.2) is 0 Å². The fourth-order valence-electron chi connectivity index (χ4n) is 1.50. The van der Waals surface area contributed by atoms with E-state index < -0.39 is 0 Å². The van der Waals surface area contributed by atoms with E-state index >= 15 is 0 Å². The second-order valence-corrected chi connectivity index (χ2v) is 3.36. The summed E-state index contributed by atoms with van der Waals surface area (Å²) in [7, 11) is 1.57. The van der Waals surface area contributed by atoms with Crippen LogP contribution in [0.5, 0.6) is 5.75 Å². The van der Waals surface area contributed by atoms with Crippen molar-refractivity contribution >= 4 is 16.8 Å². The summed E-state index contributed by atoms with van der Waals surface area (Å²) in [4.78, 5) is 11.6. The lowest BCUT2D eigenvalue weighted by Gasteiger charge is -1.97. The molecule has 0 spiro atoms. The topological polar surface area (TPSA) is 78.4 Å². The van der Waals surface area contributed by atoms with Crippen LogP contribution in [0.25, 0.3) is 11.0 Å². The molecule has 0 aliphatic carbocycles. The van der Waals surface area contributed by atoms with Crippen molar-refractivity contribution in [2.75, 3.05) is 13.7 Å². The molecule has 0 radical (unpaired) electrons. The van der Waals surface area contributed by atoms with Gasteiger partial charge in [-0.1, -0.05) is 5.16 Å². The quantitative estimate of drug-likeness (QED) is 0.787. The van der Waals surface area contributed by atoms with E-state index in [1.165, 1.54) is 0 Å². The summed E-state index contributed by atoms with van der Waals surface area (Å²) in [6, 6.07) is 5.22. The Hall–Kier alpha value is -1.88. The molecule has 2 N–H and O–H groups in total. The minimum Gasteiger partial charge on any atom is -0.497 e. The zero-order chi connectivity index (χ0) is 11.5. The number of methoxy groups -OCH3 is 1. The molecule has 84 valence electrons. The van der Waals surface area contributed by atoms with E-state index in [1.807, 2.05) is 0 Å². The number of nitrogens with two attached hydrogens (primary N) is 1. The van der Waals surface area contributed by atoms with Crippen LogP contribution in [-0.4, -0.2) is 24.6 Å². The molecule has 0 aliphatic rings. The fraction of sp³-hybridized carbons (Fsp3) is 0.273. The van der Waals surface area contributed by atoms with E-state index in [0.29, 0.717) is 29.0 Å². The molecular formula is C11H12N2O3. The molecule has 0 saturated heterocycles. The SMILES string of the molecule is COc1ccc2c(C(=O)CCN)noc2c1. The van der Waals surface area contributed by atoms with Crippen LogP contribution in [0.3, 0.4) is 0 Å². The third-order valence-corrected chi connectivity index (χ3v) is 2.31. The van der Waals surface area contributed by atoms with Crippen molar-refractivity contribution in [3.63, 3.8) is 0 Å². The van der Waals surface area contributed by atoms with Crippen LogP contribution in [0.2, 0.25) is 0 Å². The number of carbonyl (C=O) groups excluding carboxylic acids is 1. The predicted molar refractivity (Wildman–Crippen MR) is 58.6 cm³/mol. The van der Waals surface area contributed by atoms with Gasteiger partial charge in [-0.3, -0.25) is 4.79 Å². The third-order valence-electron chi connectivity index (χ3n) is 2.31. The molecule has 2 aromatic rings. The van der Waals surface area contributed by atoms with Crippen molar-refractivity contribution in [1.29, 1.82) is 0 Å². The van der Waals surface area contributed by atoms with Gasteiger partial charge in [-0.15, -0.1) is 0 Å². The lowest BCUT2D eigenvalue weighted by Crippen LogP contribution is -2.08. The standard InChI is InChI=1S/C11H12N2O3/c1-15-7-2-3-8-10(6-7)16-13-11(8)9(14)4-5-12/h2-3,6H,4-5,12H2,1H3. The van der Waals surface area contributed by atoms with Gasteiger partial charge in [0.25, 0.3) is 0 Å². The van der Waals surface area contributed by atoms with E-state index in [1.54, 1.807) is 25.3 Å². The number of nitrogens with zero attached hydrogens (tertiary/aromatic N) is 1. The van der Waals surface area contributed by atoms with Gasteiger partial charge in [0.15, 0.2) is 17.1 Å². The first-order valence-corrected chi connectivity index (χ1v) is 4.93. The van der Waals surface area contributed by atoms with Gasteiger partial charge in [-0.2, -0.15) is 0 Å². The van der Waals surface area contributed by atoms with Crippen molar-refractivity contribution in [3.05, 3.63) is 23.9 Å². The summed E-state index contributed by atoms with van der Waals surface area (Å²) in [5.74, 6) is 0.563. The number of hydrogen-bond donors (Lipinski definition) is 1. The Labute approximate surface area is 92.2 Å². The van der Waals surface area contributed by atoms with Gasteiger partial charge in [0.05, 0.1) is 12.5 Å². The lowest BCUT2D eigenvalue weighted by atomic mass is 10.1. The van der Waals surface area contributed by atoms with Gasteiger partial charge in [0.1, 0.15) is 5.75 Å². The molecule has 5 nitrogen and oxygen atoms in total. The number of fused-ring (bicyclic) bond motifs is 1. The second kappa shape index (κ2) is 4.32. The molecule has 0 bridgehead atoms. The van der Waals surface area contributed by atoms with Crippen molar-refractivity contribution in [3.8, 4) is 5.75 Å². The molecule has 1 heterocycles. The van der Waals surface area contributed by atoms with Gasteiger partial charge >= 0.3 is 0 Å². The molecule has 0 unspecified atom stereocenters. The van der Waals surface area contributed by atoms with E-state index in [-0.39, 0.29) is 12.2 Å². The molecule has 1 aromatic heterocycles. The molecule has 1 aromatic carbocycles. The van der Waals surface area contributed by atoms with Crippen LogP contribution in [0, 0.1) is 0 Å². The van der Waals surface area contributed by atoms with Crippen LogP contribution in [0.15, 0.2) is 22.7 Å². The molecule has 16 heavy (non-hydrogen) atoms. The first kappa shape index (κ1) is 10.6. The summed E-state index contributed by atoms with van der Waals surface area (Å²) in [5, 5.41) is 4.45. The van der Waals surface area contributed by atoms with Crippen molar-refractivity contribution in [2.45, 2.75) is 6.42 Å². The Morgan fingerprint density at radius 2 is 2.38 bits per heavy atom. The Morgan fingerprint density at radius 3 is 3.06 bits per heavy atom. The first-order valence-electron chi connectivity index (χ1n) is 4.93. The maximum Gasteiger partial charge on any atom is 0.186 e. The van der Waals surface area contributed by atoms with Crippen LogP contribution >= 0.6 is 0 Å². The van der Waals surface area contributed by atoms with Crippen molar-refractivity contribution in [2.24, 2.45) is 5.73 Å². The average molecular weight is 220 g/mol. The maximum atomic E-state index is 11.6. The molecule has 0 fully saturated rings. The summed E-state index contributed by atoms with van der Waals surface area (Å²) in [5.41, 5.74) is 6.20. The highest BCUT2D eigenvalue weighted by molar-refractivity contribution is 6.05. The molecule has 0 atom stereocenters. The van der Waals surface area contributed by atoms with Gasteiger partial charge in [0.2, 0.25) is 0 Å². The van der Waals surface area contributed by atoms with Crippen LogP contribution < -0.4 is 10.5 Å². The summed E-state index contributed by atoms with van der Waals surface area (Å²) < 4.78 is 10.1. The Bertz CT molecular complexity index is 519. The zero-order valence-electron chi connectivity index (χ0n) is 8.90. The molecule has 0 aliphatic heterocycles. The Kier molecular flexibility index (Phi) is 2.87. The lowest BCUT2D eigenvalue weighted by molar-refractivity contribution is 0.0978. The van der Waals surface area contributed by atoms with Crippen LogP contribution in [0.4, 0.5) is 0 Å². The highest BCUT2D eigenvalue weighted by Gasteiger charge is 2.15. The normalized spacial score (nSPS) is 10.6. The van der Waals surface area contributed by atoms with Gasteiger partial charge in [-0.05, 0) is 18.7 Å². The fourth-order valence-corrected chi connectivity index (χ4v) is 1.50. The molecule has 0 saturated carbocycles. The predicted octanol–water partition coefficient (Wildman–Crippen LogP) is 1.37. The number of aromatic nitrogens is 1. The number of hydrogen-bond acceptors (Lipinski definition) is 5. The third kappa shape index (κ3) is 1.77. The Balaban J connectivity index is 2.45. The highest BCUT2D eigenvalue weighted by atomic mass is 16.5.